The van der Waals surface area contributed by atoms with Crippen LogP contribution in [0.15, 0.2) is 48.0 Å². The normalized spacial score (nSPS) is 13.3. The lowest BCUT2D eigenvalue weighted by Gasteiger charge is -2.17. The number of rotatable bonds is 4. The van der Waals surface area contributed by atoms with Crippen LogP contribution in [0, 0.1) is 6.08 Å². The van der Waals surface area contributed by atoms with Crippen LogP contribution in [0.25, 0.3) is 0 Å². The number of methoxy groups -OCH3 is 2. The minimum atomic E-state index is 0.901. The molecule has 0 unspecified atom stereocenters. The Hall–Kier alpha value is -2.22. The lowest BCUT2D eigenvalue weighted by Crippen LogP contribution is -2.03. The Bertz CT molecular complexity index is 654. The van der Waals surface area contributed by atoms with E-state index in [0.717, 1.165) is 30.8 Å². The van der Waals surface area contributed by atoms with Gasteiger partial charge in [0.2, 0.25) is 0 Å². The zero-order valence-electron chi connectivity index (χ0n) is 12.5. The molecule has 0 N–H and O–H groups in total. The summed E-state index contributed by atoms with van der Waals surface area (Å²) in [5, 5.41) is 0. The van der Waals surface area contributed by atoms with Crippen molar-refractivity contribution in [3.63, 3.8) is 0 Å². The Balaban J connectivity index is 1.78. The second kappa shape index (κ2) is 6.04. The Kier molecular flexibility index (Phi) is 3.96. The molecule has 0 bridgehead atoms. The zero-order chi connectivity index (χ0) is 14.7. The van der Waals surface area contributed by atoms with E-state index in [1.165, 1.54) is 22.3 Å². The van der Waals surface area contributed by atoms with Gasteiger partial charge in [-0.3, -0.25) is 0 Å². The SMILES string of the molecule is COc1ccc(CC2=[C]c3ccc(OC)cc3CC2)cc1. The van der Waals surface area contributed by atoms with Gasteiger partial charge in [-0.2, -0.15) is 0 Å². The van der Waals surface area contributed by atoms with E-state index in [4.69, 9.17) is 9.47 Å². The van der Waals surface area contributed by atoms with Gasteiger partial charge in [0.25, 0.3) is 0 Å². The quantitative estimate of drug-likeness (QED) is 0.843. The molecule has 2 aromatic rings. The van der Waals surface area contributed by atoms with E-state index in [0.29, 0.717) is 0 Å². The minimum Gasteiger partial charge on any atom is -0.497 e. The van der Waals surface area contributed by atoms with Crippen LogP contribution in [-0.2, 0) is 12.8 Å². The molecule has 0 saturated carbocycles. The fourth-order valence-electron chi connectivity index (χ4n) is 2.69. The summed E-state index contributed by atoms with van der Waals surface area (Å²) in [6.07, 6.45) is 6.63. The monoisotopic (exact) mass is 279 g/mol. The molecular formula is C19H19O2. The first-order valence-corrected chi connectivity index (χ1v) is 7.20. The maximum absolute atomic E-state index is 5.28. The molecule has 2 heteroatoms. The Labute approximate surface area is 126 Å². The van der Waals surface area contributed by atoms with E-state index in [-0.39, 0.29) is 0 Å². The van der Waals surface area contributed by atoms with Crippen molar-refractivity contribution in [2.75, 3.05) is 14.2 Å². The van der Waals surface area contributed by atoms with Gasteiger partial charge >= 0.3 is 0 Å². The third kappa shape index (κ3) is 3.10. The lowest BCUT2D eigenvalue weighted by molar-refractivity contribution is 0.414. The van der Waals surface area contributed by atoms with Crippen molar-refractivity contribution in [1.82, 2.24) is 0 Å². The van der Waals surface area contributed by atoms with Gasteiger partial charge in [0.05, 0.1) is 14.2 Å². The van der Waals surface area contributed by atoms with Crippen LogP contribution in [0.3, 0.4) is 0 Å². The summed E-state index contributed by atoms with van der Waals surface area (Å²) >= 11 is 0. The summed E-state index contributed by atoms with van der Waals surface area (Å²) in [5.41, 5.74) is 5.19. The van der Waals surface area contributed by atoms with Crippen molar-refractivity contribution >= 4 is 0 Å². The van der Waals surface area contributed by atoms with Crippen molar-refractivity contribution < 1.29 is 9.47 Å². The summed E-state index contributed by atoms with van der Waals surface area (Å²) in [6, 6.07) is 14.5. The molecule has 2 aromatic carbocycles. The number of hydrogen-bond acceptors (Lipinski definition) is 2. The molecule has 0 aliphatic heterocycles. The minimum absolute atomic E-state index is 0.901. The first-order valence-electron chi connectivity index (χ1n) is 7.20. The van der Waals surface area contributed by atoms with E-state index in [9.17, 15) is 0 Å². The van der Waals surface area contributed by atoms with Crippen molar-refractivity contribution in [3.05, 3.63) is 70.8 Å². The van der Waals surface area contributed by atoms with Crippen LogP contribution < -0.4 is 9.47 Å². The second-order valence-electron chi connectivity index (χ2n) is 5.28. The highest BCUT2D eigenvalue weighted by Gasteiger charge is 2.12. The smallest absolute Gasteiger partial charge is 0.119 e. The number of hydrogen-bond donors (Lipinski definition) is 0. The molecule has 21 heavy (non-hydrogen) atoms. The molecular weight excluding hydrogens is 260 g/mol. The maximum Gasteiger partial charge on any atom is 0.119 e. The molecule has 0 aromatic heterocycles. The van der Waals surface area contributed by atoms with Gasteiger partial charge in [-0.05, 0) is 66.3 Å². The predicted octanol–water partition coefficient (Wildman–Crippen LogP) is 3.97. The third-order valence-electron chi connectivity index (χ3n) is 3.90. The summed E-state index contributed by atoms with van der Waals surface area (Å²) in [4.78, 5) is 0. The predicted molar refractivity (Wildman–Crippen MR) is 83.9 cm³/mol. The van der Waals surface area contributed by atoms with Gasteiger partial charge < -0.3 is 9.47 Å². The molecule has 0 spiro atoms. The van der Waals surface area contributed by atoms with Crippen molar-refractivity contribution in [3.8, 4) is 11.5 Å². The van der Waals surface area contributed by atoms with Gasteiger partial charge in [-0.1, -0.05) is 23.8 Å². The van der Waals surface area contributed by atoms with E-state index in [2.05, 4.69) is 30.3 Å². The molecule has 0 atom stereocenters. The summed E-state index contributed by atoms with van der Waals surface area (Å²) in [5.74, 6) is 1.83. The molecule has 3 rings (SSSR count). The van der Waals surface area contributed by atoms with Crippen LogP contribution in [0.4, 0.5) is 0 Å². The molecule has 107 valence electrons. The van der Waals surface area contributed by atoms with Gasteiger partial charge in [0.15, 0.2) is 0 Å². The van der Waals surface area contributed by atoms with Crippen molar-refractivity contribution in [2.45, 2.75) is 19.3 Å². The number of allylic oxidation sites excluding steroid dienone is 1. The number of aryl methyl sites for hydroxylation is 1. The molecule has 1 aliphatic rings. The van der Waals surface area contributed by atoms with Gasteiger partial charge in [-0.25, -0.2) is 0 Å². The first kappa shape index (κ1) is 13.7. The van der Waals surface area contributed by atoms with Crippen LogP contribution >= 0.6 is 0 Å². The summed E-state index contributed by atoms with van der Waals surface area (Å²) < 4.78 is 10.5. The van der Waals surface area contributed by atoms with Crippen LogP contribution in [0.5, 0.6) is 11.5 Å². The number of benzene rings is 2. The highest BCUT2D eigenvalue weighted by atomic mass is 16.5. The fourth-order valence-corrected chi connectivity index (χ4v) is 2.69. The first-order chi connectivity index (χ1) is 10.3. The molecule has 0 amide bonds. The number of ether oxygens (including phenoxy) is 2. The molecule has 0 saturated heterocycles. The molecule has 1 radical (unpaired) electrons. The summed E-state index contributed by atoms with van der Waals surface area (Å²) in [6.45, 7) is 0. The number of fused-ring (bicyclic) bond motifs is 1. The van der Waals surface area contributed by atoms with Crippen LogP contribution in [0.2, 0.25) is 0 Å². The molecule has 1 aliphatic carbocycles. The van der Waals surface area contributed by atoms with Crippen molar-refractivity contribution in [1.29, 1.82) is 0 Å². The van der Waals surface area contributed by atoms with Gasteiger partial charge in [0, 0.05) is 0 Å². The Morgan fingerprint density at radius 3 is 2.33 bits per heavy atom. The van der Waals surface area contributed by atoms with Crippen LogP contribution in [0.1, 0.15) is 23.1 Å². The highest BCUT2D eigenvalue weighted by molar-refractivity contribution is 5.43. The largest absolute Gasteiger partial charge is 0.497 e. The standard InChI is InChI=1S/C19H19O2/c1-20-18-8-4-14(5-9-18)11-15-3-6-17-13-19(21-2)10-7-16(17)12-15/h4-5,7-10,13H,3,6,11H2,1-2H3. The molecule has 0 fully saturated rings. The Morgan fingerprint density at radius 1 is 0.905 bits per heavy atom. The van der Waals surface area contributed by atoms with E-state index >= 15 is 0 Å². The average molecular weight is 279 g/mol. The second-order valence-corrected chi connectivity index (χ2v) is 5.28. The van der Waals surface area contributed by atoms with Gasteiger partial charge in [0.1, 0.15) is 11.5 Å². The third-order valence-corrected chi connectivity index (χ3v) is 3.90. The average Bonchev–Trinajstić information content (AvgIpc) is 2.55. The summed E-state index contributed by atoms with van der Waals surface area (Å²) in [7, 11) is 3.40. The maximum atomic E-state index is 5.28. The van der Waals surface area contributed by atoms with E-state index in [1.54, 1.807) is 14.2 Å². The van der Waals surface area contributed by atoms with E-state index < -0.39 is 0 Å². The van der Waals surface area contributed by atoms with Gasteiger partial charge in [-0.15, -0.1) is 0 Å². The lowest BCUT2D eigenvalue weighted by atomic mass is 9.89. The van der Waals surface area contributed by atoms with Crippen LogP contribution in [-0.4, -0.2) is 14.2 Å². The Morgan fingerprint density at radius 2 is 1.62 bits per heavy atom. The highest BCUT2D eigenvalue weighted by Crippen LogP contribution is 2.27. The molecule has 2 nitrogen and oxygen atoms in total. The fraction of sp³-hybridized carbons (Fsp3) is 0.263. The van der Waals surface area contributed by atoms with E-state index in [1.807, 2.05) is 18.2 Å². The topological polar surface area (TPSA) is 18.5 Å². The molecule has 0 heterocycles. The van der Waals surface area contributed by atoms with Crippen molar-refractivity contribution in [2.24, 2.45) is 0 Å². The zero-order valence-corrected chi connectivity index (χ0v) is 12.5.